The van der Waals surface area contributed by atoms with Crippen LogP contribution in [0.25, 0.3) is 0 Å². The molecule has 0 radical (unpaired) electrons. The molecule has 0 unspecified atom stereocenters. The molecule has 0 saturated carbocycles. The second-order valence-electron chi connectivity index (χ2n) is 4.46. The molecule has 1 amide bonds. The molecule has 2 aromatic rings. The number of halogens is 2. The molecule has 7 nitrogen and oxygen atoms in total. The van der Waals surface area contributed by atoms with Crippen LogP contribution < -0.4 is 16.1 Å². The monoisotopic (exact) mass is 373 g/mol. The summed E-state index contributed by atoms with van der Waals surface area (Å²) in [7, 11) is 0. The highest BCUT2D eigenvalue weighted by molar-refractivity contribution is 9.10. The maximum atomic E-state index is 12.2. The van der Waals surface area contributed by atoms with E-state index in [0.29, 0.717) is 16.7 Å². The zero-order chi connectivity index (χ0) is 14.1. The van der Waals surface area contributed by atoms with E-state index in [2.05, 4.69) is 41.7 Å². The van der Waals surface area contributed by atoms with E-state index in [9.17, 15) is 9.59 Å². The summed E-state index contributed by atoms with van der Waals surface area (Å²) >= 11 is 3.12. The molecule has 0 fully saturated rings. The first-order valence-electron chi connectivity index (χ1n) is 6.11. The van der Waals surface area contributed by atoms with E-state index < -0.39 is 5.91 Å². The lowest BCUT2D eigenvalue weighted by molar-refractivity contribution is 0.102. The molecule has 0 bridgehead atoms. The molecule has 21 heavy (non-hydrogen) atoms. The van der Waals surface area contributed by atoms with Gasteiger partial charge in [0.1, 0.15) is 5.69 Å². The number of aromatic amines is 2. The predicted octanol–water partition coefficient (Wildman–Crippen LogP) is 1.18. The van der Waals surface area contributed by atoms with Crippen molar-refractivity contribution in [2.75, 3.05) is 11.9 Å². The second-order valence-corrected chi connectivity index (χ2v) is 5.31. The molecule has 112 valence electrons. The van der Waals surface area contributed by atoms with Crippen LogP contribution in [0.4, 0.5) is 5.69 Å². The highest BCUT2D eigenvalue weighted by Gasteiger charge is 2.22. The Morgan fingerprint density at radius 3 is 3.00 bits per heavy atom. The Morgan fingerprint density at radius 1 is 1.38 bits per heavy atom. The van der Waals surface area contributed by atoms with Crippen molar-refractivity contribution in [1.29, 1.82) is 0 Å². The number of nitrogens with zero attached hydrogens (tertiary/aromatic N) is 1. The Balaban J connectivity index is 0.00000161. The van der Waals surface area contributed by atoms with E-state index in [1.165, 1.54) is 12.4 Å². The van der Waals surface area contributed by atoms with Gasteiger partial charge >= 0.3 is 0 Å². The van der Waals surface area contributed by atoms with Gasteiger partial charge in [0, 0.05) is 43.2 Å². The van der Waals surface area contributed by atoms with Crippen LogP contribution in [0.2, 0.25) is 0 Å². The van der Waals surface area contributed by atoms with Gasteiger partial charge in [-0.25, -0.2) is 0 Å². The average Bonchev–Trinajstić information content (AvgIpc) is 2.88. The van der Waals surface area contributed by atoms with Gasteiger partial charge in [0.15, 0.2) is 5.69 Å². The highest BCUT2D eigenvalue weighted by Crippen LogP contribution is 2.16. The molecule has 1 aliphatic heterocycles. The van der Waals surface area contributed by atoms with Gasteiger partial charge < -0.3 is 15.6 Å². The minimum Gasteiger partial charge on any atom is -0.365 e. The van der Waals surface area contributed by atoms with Gasteiger partial charge in [-0.1, -0.05) is 0 Å². The SMILES string of the molecule is Cl.O=C(Nc1c[nH]cc(Br)c1=O)c1n[nH]c2c1CNCC2. The van der Waals surface area contributed by atoms with Crippen molar-refractivity contribution in [3.8, 4) is 0 Å². The number of carbonyl (C=O) groups excluding carboxylic acids is 1. The van der Waals surface area contributed by atoms with Crippen LogP contribution in [-0.4, -0.2) is 27.6 Å². The third-order valence-electron chi connectivity index (χ3n) is 3.17. The van der Waals surface area contributed by atoms with Crippen LogP contribution in [0.3, 0.4) is 0 Å². The summed E-state index contributed by atoms with van der Waals surface area (Å²) in [5.74, 6) is -0.394. The molecule has 2 aromatic heterocycles. The van der Waals surface area contributed by atoms with E-state index in [1.54, 1.807) is 0 Å². The van der Waals surface area contributed by atoms with Crippen molar-refractivity contribution in [2.24, 2.45) is 0 Å². The smallest absolute Gasteiger partial charge is 0.276 e. The largest absolute Gasteiger partial charge is 0.365 e. The summed E-state index contributed by atoms with van der Waals surface area (Å²) in [5.41, 5.74) is 2.06. The second kappa shape index (κ2) is 6.42. The number of hydrogen-bond donors (Lipinski definition) is 4. The Morgan fingerprint density at radius 2 is 2.19 bits per heavy atom. The predicted molar refractivity (Wildman–Crippen MR) is 84.0 cm³/mol. The van der Waals surface area contributed by atoms with Gasteiger partial charge in [0.25, 0.3) is 5.91 Å². The third-order valence-corrected chi connectivity index (χ3v) is 3.76. The van der Waals surface area contributed by atoms with Gasteiger partial charge in [-0.2, -0.15) is 5.10 Å². The van der Waals surface area contributed by atoms with E-state index in [0.717, 1.165) is 24.2 Å². The maximum Gasteiger partial charge on any atom is 0.276 e. The summed E-state index contributed by atoms with van der Waals surface area (Å²) in [6, 6.07) is 0. The maximum absolute atomic E-state index is 12.2. The van der Waals surface area contributed by atoms with Crippen molar-refractivity contribution in [3.63, 3.8) is 0 Å². The van der Waals surface area contributed by atoms with Crippen LogP contribution in [0.1, 0.15) is 21.7 Å². The summed E-state index contributed by atoms with van der Waals surface area (Å²) in [6.07, 6.45) is 3.77. The quantitative estimate of drug-likeness (QED) is 0.634. The molecule has 0 aromatic carbocycles. The fraction of sp³-hybridized carbons (Fsp3) is 0.250. The van der Waals surface area contributed by atoms with Crippen molar-refractivity contribution in [1.82, 2.24) is 20.5 Å². The molecule has 0 atom stereocenters. The number of pyridine rings is 1. The number of rotatable bonds is 2. The van der Waals surface area contributed by atoms with Crippen LogP contribution in [-0.2, 0) is 13.0 Å². The van der Waals surface area contributed by atoms with Crippen molar-refractivity contribution >= 4 is 39.9 Å². The van der Waals surface area contributed by atoms with Crippen molar-refractivity contribution < 1.29 is 4.79 Å². The number of fused-ring (bicyclic) bond motifs is 1. The Bertz CT molecular complexity index is 727. The van der Waals surface area contributed by atoms with E-state index in [4.69, 9.17) is 0 Å². The average molecular weight is 375 g/mol. The summed E-state index contributed by atoms with van der Waals surface area (Å²) in [5, 5.41) is 12.7. The van der Waals surface area contributed by atoms with E-state index in [1.807, 2.05) is 0 Å². The number of amides is 1. The first-order valence-corrected chi connectivity index (χ1v) is 6.91. The number of hydrogen-bond acceptors (Lipinski definition) is 4. The zero-order valence-electron chi connectivity index (χ0n) is 10.8. The number of nitrogens with one attached hydrogen (secondary N) is 4. The molecule has 0 aliphatic carbocycles. The fourth-order valence-electron chi connectivity index (χ4n) is 2.15. The lowest BCUT2D eigenvalue weighted by Gasteiger charge is -2.12. The first kappa shape index (κ1) is 15.7. The summed E-state index contributed by atoms with van der Waals surface area (Å²) < 4.78 is 0.362. The summed E-state index contributed by atoms with van der Waals surface area (Å²) in [4.78, 5) is 26.8. The van der Waals surface area contributed by atoms with Gasteiger partial charge in [0.2, 0.25) is 5.43 Å². The highest BCUT2D eigenvalue weighted by atomic mass is 79.9. The minimum atomic E-state index is -0.394. The standard InChI is InChI=1S/C12H12BrN5O2.ClH/c13-7-4-15-5-9(11(7)19)16-12(20)10-6-3-14-2-1-8(6)17-18-10;/h4-5,14H,1-3H2,(H,15,19)(H,16,20)(H,17,18);1H. The van der Waals surface area contributed by atoms with E-state index >= 15 is 0 Å². The fourth-order valence-corrected chi connectivity index (χ4v) is 2.49. The first-order chi connectivity index (χ1) is 9.66. The molecular formula is C12H13BrClN5O2. The molecule has 3 heterocycles. The van der Waals surface area contributed by atoms with Crippen LogP contribution in [0.15, 0.2) is 21.7 Å². The zero-order valence-corrected chi connectivity index (χ0v) is 13.2. The normalized spacial score (nSPS) is 13.2. The third kappa shape index (κ3) is 3.02. The van der Waals surface area contributed by atoms with E-state index in [-0.39, 0.29) is 23.5 Å². The molecule has 0 spiro atoms. The molecule has 4 N–H and O–H groups in total. The molecule has 3 rings (SSSR count). The molecular weight excluding hydrogens is 362 g/mol. The van der Waals surface area contributed by atoms with Gasteiger partial charge in [-0.3, -0.25) is 14.7 Å². The molecule has 1 aliphatic rings. The number of aromatic nitrogens is 3. The van der Waals surface area contributed by atoms with Crippen molar-refractivity contribution in [3.05, 3.63) is 44.0 Å². The number of carbonyl (C=O) groups is 1. The van der Waals surface area contributed by atoms with Gasteiger partial charge in [-0.15, -0.1) is 12.4 Å². The van der Waals surface area contributed by atoms with Crippen LogP contribution >= 0.6 is 28.3 Å². The molecule has 9 heteroatoms. The van der Waals surface area contributed by atoms with Gasteiger partial charge in [-0.05, 0) is 15.9 Å². The lowest BCUT2D eigenvalue weighted by atomic mass is 10.1. The van der Waals surface area contributed by atoms with Crippen LogP contribution in [0, 0.1) is 0 Å². The Labute approximate surface area is 134 Å². The number of anilines is 1. The number of H-pyrrole nitrogens is 2. The van der Waals surface area contributed by atoms with Crippen LogP contribution in [0.5, 0.6) is 0 Å². The molecule has 0 saturated heterocycles. The minimum absolute atomic E-state index is 0. The Kier molecular flexibility index (Phi) is 4.81. The Hall–Kier alpha value is -1.64. The lowest BCUT2D eigenvalue weighted by Crippen LogP contribution is -2.26. The summed E-state index contributed by atoms with van der Waals surface area (Å²) in [6.45, 7) is 1.46. The van der Waals surface area contributed by atoms with Gasteiger partial charge in [0.05, 0.1) is 4.47 Å². The van der Waals surface area contributed by atoms with Crippen molar-refractivity contribution in [2.45, 2.75) is 13.0 Å². The topological polar surface area (TPSA) is 103 Å².